The summed E-state index contributed by atoms with van der Waals surface area (Å²) in [5.74, 6) is 1.66. The third-order valence-electron chi connectivity index (χ3n) is 2.31. The van der Waals surface area contributed by atoms with Gasteiger partial charge in [0.05, 0.1) is 0 Å². The molecule has 2 rings (SSSR count). The molecule has 1 heterocycles. The van der Waals surface area contributed by atoms with Crippen molar-refractivity contribution >= 4 is 5.69 Å². The predicted octanol–water partition coefficient (Wildman–Crippen LogP) is 1.44. The quantitative estimate of drug-likeness (QED) is 0.718. The van der Waals surface area contributed by atoms with Crippen molar-refractivity contribution < 1.29 is 9.47 Å². The van der Waals surface area contributed by atoms with E-state index in [9.17, 15) is 0 Å². The number of ether oxygens (including phenoxy) is 2. The first-order valence-electron chi connectivity index (χ1n) is 5.18. The van der Waals surface area contributed by atoms with Crippen LogP contribution in [0.15, 0.2) is 18.2 Å². The van der Waals surface area contributed by atoms with Gasteiger partial charge in [0.15, 0.2) is 11.5 Å². The Bertz CT molecular complexity index is 328. The van der Waals surface area contributed by atoms with Gasteiger partial charge >= 0.3 is 0 Å². The highest BCUT2D eigenvalue weighted by atomic mass is 16.7. The minimum Gasteiger partial charge on any atom is -0.454 e. The molecule has 1 aliphatic heterocycles. The van der Waals surface area contributed by atoms with E-state index in [0.29, 0.717) is 6.79 Å². The van der Waals surface area contributed by atoms with Gasteiger partial charge in [-0.05, 0) is 32.1 Å². The summed E-state index contributed by atoms with van der Waals surface area (Å²) < 4.78 is 10.5. The number of nitrogens with one attached hydrogen (secondary N) is 2. The molecule has 0 fully saturated rings. The van der Waals surface area contributed by atoms with Crippen LogP contribution in [-0.4, -0.2) is 26.9 Å². The van der Waals surface area contributed by atoms with Crippen LogP contribution in [-0.2, 0) is 0 Å². The fourth-order valence-corrected chi connectivity index (χ4v) is 1.50. The summed E-state index contributed by atoms with van der Waals surface area (Å²) >= 11 is 0. The van der Waals surface area contributed by atoms with Crippen molar-refractivity contribution in [1.29, 1.82) is 0 Å². The van der Waals surface area contributed by atoms with Crippen molar-refractivity contribution in [3.05, 3.63) is 18.2 Å². The highest BCUT2D eigenvalue weighted by Gasteiger charge is 2.12. The van der Waals surface area contributed by atoms with Crippen LogP contribution < -0.4 is 20.1 Å². The summed E-state index contributed by atoms with van der Waals surface area (Å²) in [7, 11) is 1.96. The lowest BCUT2D eigenvalue weighted by Crippen LogP contribution is -2.12. The highest BCUT2D eigenvalue weighted by molar-refractivity contribution is 5.55. The molecule has 2 N–H and O–H groups in total. The van der Waals surface area contributed by atoms with Gasteiger partial charge in [0.1, 0.15) is 0 Å². The maximum Gasteiger partial charge on any atom is 0.231 e. The molecule has 82 valence electrons. The average molecular weight is 208 g/mol. The van der Waals surface area contributed by atoms with E-state index in [2.05, 4.69) is 10.6 Å². The molecule has 0 atom stereocenters. The van der Waals surface area contributed by atoms with Crippen molar-refractivity contribution in [2.24, 2.45) is 0 Å². The van der Waals surface area contributed by atoms with Gasteiger partial charge < -0.3 is 20.1 Å². The van der Waals surface area contributed by atoms with E-state index < -0.39 is 0 Å². The summed E-state index contributed by atoms with van der Waals surface area (Å²) in [4.78, 5) is 0. The Labute approximate surface area is 89.6 Å². The fourth-order valence-electron chi connectivity index (χ4n) is 1.50. The third kappa shape index (κ3) is 2.53. The lowest BCUT2D eigenvalue weighted by molar-refractivity contribution is 0.174. The Morgan fingerprint density at radius 1 is 1.20 bits per heavy atom. The first-order chi connectivity index (χ1) is 7.40. The second kappa shape index (κ2) is 4.89. The van der Waals surface area contributed by atoms with Crippen LogP contribution in [0.4, 0.5) is 5.69 Å². The van der Waals surface area contributed by atoms with E-state index in [-0.39, 0.29) is 0 Å². The van der Waals surface area contributed by atoms with Gasteiger partial charge in [-0.1, -0.05) is 0 Å². The summed E-state index contributed by atoms with van der Waals surface area (Å²) in [6, 6.07) is 5.91. The standard InChI is InChI=1S/C11H16N2O2/c1-12-5-2-6-13-9-3-4-10-11(7-9)15-8-14-10/h3-4,7,12-13H,2,5-6,8H2,1H3. The van der Waals surface area contributed by atoms with E-state index in [1.165, 1.54) is 0 Å². The fraction of sp³-hybridized carbons (Fsp3) is 0.455. The zero-order chi connectivity index (χ0) is 10.5. The Morgan fingerprint density at radius 2 is 2.07 bits per heavy atom. The summed E-state index contributed by atoms with van der Waals surface area (Å²) in [5, 5.41) is 6.44. The van der Waals surface area contributed by atoms with Gasteiger partial charge in [-0.2, -0.15) is 0 Å². The average Bonchev–Trinajstić information content (AvgIpc) is 2.71. The van der Waals surface area contributed by atoms with Crippen LogP contribution in [0.2, 0.25) is 0 Å². The van der Waals surface area contributed by atoms with Crippen molar-refractivity contribution in [2.45, 2.75) is 6.42 Å². The number of anilines is 1. The zero-order valence-corrected chi connectivity index (χ0v) is 8.88. The molecule has 0 unspecified atom stereocenters. The second-order valence-electron chi connectivity index (χ2n) is 3.45. The summed E-state index contributed by atoms with van der Waals surface area (Å²) in [6.45, 7) is 2.32. The molecule has 0 radical (unpaired) electrons. The molecule has 1 aliphatic rings. The molecule has 0 bridgehead atoms. The topological polar surface area (TPSA) is 42.5 Å². The molecule has 0 saturated heterocycles. The van der Waals surface area contributed by atoms with Crippen LogP contribution in [0.25, 0.3) is 0 Å². The van der Waals surface area contributed by atoms with Gasteiger partial charge in [0, 0.05) is 18.3 Å². The minimum absolute atomic E-state index is 0.332. The number of hydrogen-bond acceptors (Lipinski definition) is 4. The molecular formula is C11H16N2O2. The van der Waals surface area contributed by atoms with Gasteiger partial charge in [-0.3, -0.25) is 0 Å². The van der Waals surface area contributed by atoms with Gasteiger partial charge in [-0.15, -0.1) is 0 Å². The normalized spacial score (nSPS) is 12.9. The Balaban J connectivity index is 1.87. The number of rotatable bonds is 5. The molecular weight excluding hydrogens is 192 g/mol. The number of fused-ring (bicyclic) bond motifs is 1. The molecule has 1 aromatic carbocycles. The molecule has 0 amide bonds. The monoisotopic (exact) mass is 208 g/mol. The third-order valence-corrected chi connectivity index (χ3v) is 2.31. The largest absolute Gasteiger partial charge is 0.454 e. The molecule has 0 saturated carbocycles. The van der Waals surface area contributed by atoms with Crippen molar-refractivity contribution in [3.63, 3.8) is 0 Å². The molecule has 0 aliphatic carbocycles. The van der Waals surface area contributed by atoms with Crippen LogP contribution in [0.5, 0.6) is 11.5 Å². The van der Waals surface area contributed by atoms with Crippen LogP contribution in [0.1, 0.15) is 6.42 Å². The van der Waals surface area contributed by atoms with E-state index >= 15 is 0 Å². The highest BCUT2D eigenvalue weighted by Crippen LogP contribution is 2.34. The molecule has 15 heavy (non-hydrogen) atoms. The van der Waals surface area contributed by atoms with Crippen molar-refractivity contribution in [3.8, 4) is 11.5 Å². The minimum atomic E-state index is 0.332. The van der Waals surface area contributed by atoms with Crippen LogP contribution in [0, 0.1) is 0 Å². The summed E-state index contributed by atoms with van der Waals surface area (Å²) in [6.07, 6.45) is 1.10. The predicted molar refractivity (Wildman–Crippen MR) is 59.6 cm³/mol. The number of hydrogen-bond donors (Lipinski definition) is 2. The first kappa shape index (κ1) is 10.1. The van der Waals surface area contributed by atoms with Gasteiger partial charge in [-0.25, -0.2) is 0 Å². The maximum absolute atomic E-state index is 5.29. The molecule has 4 nitrogen and oxygen atoms in total. The molecule has 0 aromatic heterocycles. The van der Waals surface area contributed by atoms with E-state index in [1.807, 2.05) is 25.2 Å². The van der Waals surface area contributed by atoms with Crippen LogP contribution in [0.3, 0.4) is 0 Å². The van der Waals surface area contributed by atoms with E-state index in [0.717, 1.165) is 36.7 Å². The smallest absolute Gasteiger partial charge is 0.231 e. The van der Waals surface area contributed by atoms with Crippen LogP contribution >= 0.6 is 0 Å². The van der Waals surface area contributed by atoms with E-state index in [4.69, 9.17) is 9.47 Å². The number of benzene rings is 1. The molecule has 4 heteroatoms. The first-order valence-corrected chi connectivity index (χ1v) is 5.18. The van der Waals surface area contributed by atoms with Crippen molar-refractivity contribution in [2.75, 3.05) is 32.2 Å². The van der Waals surface area contributed by atoms with E-state index in [1.54, 1.807) is 0 Å². The lowest BCUT2D eigenvalue weighted by atomic mass is 10.2. The Kier molecular flexibility index (Phi) is 3.29. The molecule has 0 spiro atoms. The SMILES string of the molecule is CNCCCNc1ccc2c(c1)OCO2. The van der Waals surface area contributed by atoms with Gasteiger partial charge in [0.25, 0.3) is 0 Å². The summed E-state index contributed by atoms with van der Waals surface area (Å²) in [5.41, 5.74) is 1.08. The second-order valence-corrected chi connectivity index (χ2v) is 3.45. The zero-order valence-electron chi connectivity index (χ0n) is 8.88. The lowest BCUT2D eigenvalue weighted by Gasteiger charge is -2.06. The maximum atomic E-state index is 5.29. The van der Waals surface area contributed by atoms with Gasteiger partial charge in [0.2, 0.25) is 6.79 Å². The van der Waals surface area contributed by atoms with Crippen molar-refractivity contribution in [1.82, 2.24) is 5.32 Å². The molecule has 1 aromatic rings. The Morgan fingerprint density at radius 3 is 2.93 bits per heavy atom. The Hall–Kier alpha value is -1.42.